The molecule has 0 atom stereocenters. The number of aromatic nitrogens is 4. The van der Waals surface area contributed by atoms with Crippen LogP contribution in [0.2, 0.25) is 5.02 Å². The molecule has 21 heavy (non-hydrogen) atoms. The molecular weight excluding hydrogens is 306 g/mol. The summed E-state index contributed by atoms with van der Waals surface area (Å²) in [5, 5.41) is 8.99. The zero-order valence-corrected chi connectivity index (χ0v) is 13.2. The number of rotatable bonds is 4. The van der Waals surface area contributed by atoms with Crippen LogP contribution in [0, 0.1) is 0 Å². The summed E-state index contributed by atoms with van der Waals surface area (Å²) in [6.07, 6.45) is 1.77. The Hall–Kier alpha value is -1.79. The van der Waals surface area contributed by atoms with E-state index in [2.05, 4.69) is 20.4 Å². The fourth-order valence-corrected chi connectivity index (χ4v) is 3.12. The third-order valence-electron chi connectivity index (χ3n) is 3.07. The van der Waals surface area contributed by atoms with E-state index < -0.39 is 0 Å². The van der Waals surface area contributed by atoms with Gasteiger partial charge in [-0.2, -0.15) is 5.10 Å². The number of hydrogen-bond donors (Lipinski definition) is 1. The smallest absolute Gasteiger partial charge is 0.163 e. The lowest BCUT2D eigenvalue weighted by atomic mass is 10.4. The Kier molecular flexibility index (Phi) is 3.98. The summed E-state index contributed by atoms with van der Waals surface area (Å²) in [5.74, 6) is 2.20. The van der Waals surface area contributed by atoms with E-state index in [0.29, 0.717) is 5.75 Å². The highest BCUT2D eigenvalue weighted by atomic mass is 35.5. The van der Waals surface area contributed by atoms with Gasteiger partial charge in [-0.25, -0.2) is 9.97 Å². The second kappa shape index (κ2) is 5.91. The number of halogens is 1. The van der Waals surface area contributed by atoms with Crippen molar-refractivity contribution in [1.29, 1.82) is 0 Å². The fraction of sp³-hybridized carbons (Fsp3) is 0.214. The Morgan fingerprint density at radius 2 is 2.10 bits per heavy atom. The van der Waals surface area contributed by atoms with Gasteiger partial charge >= 0.3 is 0 Å². The molecule has 0 spiro atoms. The van der Waals surface area contributed by atoms with Crippen LogP contribution in [0.3, 0.4) is 0 Å². The molecule has 0 radical (unpaired) electrons. The van der Waals surface area contributed by atoms with Crippen LogP contribution in [0.15, 0.2) is 35.4 Å². The number of hydrogen-bond acceptors (Lipinski definition) is 5. The van der Waals surface area contributed by atoms with Crippen molar-refractivity contribution in [2.45, 2.75) is 10.6 Å². The minimum absolute atomic E-state index is 0.652. The molecule has 2 heterocycles. The minimum atomic E-state index is 0.652. The predicted octanol–water partition coefficient (Wildman–Crippen LogP) is 3.35. The molecule has 3 aromatic rings. The van der Waals surface area contributed by atoms with Crippen LogP contribution < -0.4 is 5.32 Å². The standard InChI is InChI=1S/C14H14ClN5S/c1-16-13-9-7-17-20(2)14(9)19-12(18-13)8-21-11-6-4-3-5-10(11)15/h3-7H,8H2,1-2H3,(H,16,18,19). The van der Waals surface area contributed by atoms with Crippen LogP contribution in [-0.4, -0.2) is 26.8 Å². The van der Waals surface area contributed by atoms with E-state index in [4.69, 9.17) is 11.6 Å². The molecule has 0 saturated carbocycles. The summed E-state index contributed by atoms with van der Waals surface area (Å²) in [7, 11) is 3.72. The summed E-state index contributed by atoms with van der Waals surface area (Å²) in [6.45, 7) is 0. The van der Waals surface area contributed by atoms with Gasteiger partial charge < -0.3 is 5.32 Å². The van der Waals surface area contributed by atoms with Gasteiger partial charge in [0.05, 0.1) is 22.4 Å². The van der Waals surface area contributed by atoms with Crippen molar-refractivity contribution in [2.75, 3.05) is 12.4 Å². The third-order valence-corrected chi connectivity index (χ3v) is 4.58. The Balaban J connectivity index is 1.90. The van der Waals surface area contributed by atoms with Gasteiger partial charge in [0.15, 0.2) is 5.65 Å². The highest BCUT2D eigenvalue weighted by molar-refractivity contribution is 7.98. The molecular formula is C14H14ClN5S. The van der Waals surface area contributed by atoms with Gasteiger partial charge in [-0.15, -0.1) is 11.8 Å². The van der Waals surface area contributed by atoms with E-state index in [9.17, 15) is 0 Å². The second-order valence-electron chi connectivity index (χ2n) is 4.46. The molecule has 7 heteroatoms. The summed E-state index contributed by atoms with van der Waals surface area (Å²) >= 11 is 7.79. The highest BCUT2D eigenvalue weighted by Crippen LogP contribution is 2.29. The van der Waals surface area contributed by atoms with Crippen molar-refractivity contribution in [3.05, 3.63) is 41.3 Å². The monoisotopic (exact) mass is 319 g/mol. The van der Waals surface area contributed by atoms with Crippen molar-refractivity contribution in [3.8, 4) is 0 Å². The molecule has 0 bridgehead atoms. The van der Waals surface area contributed by atoms with Crippen LogP contribution in [0.4, 0.5) is 5.82 Å². The quantitative estimate of drug-likeness (QED) is 0.747. The summed E-state index contributed by atoms with van der Waals surface area (Å²) < 4.78 is 1.75. The van der Waals surface area contributed by atoms with Crippen molar-refractivity contribution in [3.63, 3.8) is 0 Å². The molecule has 0 fully saturated rings. The molecule has 0 aliphatic carbocycles. The molecule has 0 saturated heterocycles. The molecule has 0 amide bonds. The summed E-state index contributed by atoms with van der Waals surface area (Å²) in [6, 6.07) is 7.77. The van der Waals surface area contributed by atoms with E-state index in [1.54, 1.807) is 22.6 Å². The van der Waals surface area contributed by atoms with Crippen molar-refractivity contribution in [2.24, 2.45) is 7.05 Å². The molecule has 0 aliphatic rings. The Morgan fingerprint density at radius 1 is 1.29 bits per heavy atom. The average molecular weight is 320 g/mol. The number of nitrogens with one attached hydrogen (secondary N) is 1. The summed E-state index contributed by atoms with van der Waals surface area (Å²) in [4.78, 5) is 10.1. The van der Waals surface area contributed by atoms with Crippen LogP contribution >= 0.6 is 23.4 Å². The first-order chi connectivity index (χ1) is 10.2. The lowest BCUT2D eigenvalue weighted by Gasteiger charge is -2.06. The van der Waals surface area contributed by atoms with Gasteiger partial charge in [-0.1, -0.05) is 23.7 Å². The van der Waals surface area contributed by atoms with Gasteiger partial charge in [0.2, 0.25) is 0 Å². The molecule has 2 aromatic heterocycles. The number of nitrogens with zero attached hydrogens (tertiary/aromatic N) is 4. The number of fused-ring (bicyclic) bond motifs is 1. The highest BCUT2D eigenvalue weighted by Gasteiger charge is 2.11. The van der Waals surface area contributed by atoms with Crippen LogP contribution in [0.1, 0.15) is 5.82 Å². The third kappa shape index (κ3) is 2.82. The largest absolute Gasteiger partial charge is 0.372 e. The van der Waals surface area contributed by atoms with E-state index >= 15 is 0 Å². The maximum atomic E-state index is 6.16. The average Bonchev–Trinajstić information content (AvgIpc) is 2.87. The molecule has 108 valence electrons. The first-order valence-electron chi connectivity index (χ1n) is 6.42. The topological polar surface area (TPSA) is 55.6 Å². The number of aryl methyl sites for hydroxylation is 1. The number of anilines is 1. The Morgan fingerprint density at radius 3 is 2.86 bits per heavy atom. The van der Waals surface area contributed by atoms with Crippen LogP contribution in [0.25, 0.3) is 11.0 Å². The first-order valence-corrected chi connectivity index (χ1v) is 7.79. The first kappa shape index (κ1) is 14.2. The zero-order valence-electron chi connectivity index (χ0n) is 11.7. The van der Waals surface area contributed by atoms with Crippen LogP contribution in [0.5, 0.6) is 0 Å². The van der Waals surface area contributed by atoms with Gasteiger partial charge in [-0.3, -0.25) is 4.68 Å². The van der Waals surface area contributed by atoms with E-state index in [1.807, 2.05) is 38.4 Å². The van der Waals surface area contributed by atoms with Gasteiger partial charge in [0, 0.05) is 19.0 Å². The van der Waals surface area contributed by atoms with Gasteiger partial charge in [0.1, 0.15) is 11.6 Å². The van der Waals surface area contributed by atoms with E-state index in [1.165, 1.54) is 0 Å². The Bertz CT molecular complexity index is 786. The summed E-state index contributed by atoms with van der Waals surface area (Å²) in [5.41, 5.74) is 0.823. The van der Waals surface area contributed by atoms with Gasteiger partial charge in [0.25, 0.3) is 0 Å². The molecule has 1 aromatic carbocycles. The maximum Gasteiger partial charge on any atom is 0.163 e. The zero-order chi connectivity index (χ0) is 14.8. The van der Waals surface area contributed by atoms with E-state index in [0.717, 1.165) is 32.6 Å². The molecule has 0 unspecified atom stereocenters. The number of benzene rings is 1. The predicted molar refractivity (Wildman–Crippen MR) is 86.9 cm³/mol. The Labute approximate surface area is 131 Å². The minimum Gasteiger partial charge on any atom is -0.372 e. The maximum absolute atomic E-state index is 6.16. The molecule has 0 aliphatic heterocycles. The lowest BCUT2D eigenvalue weighted by molar-refractivity contribution is 0.782. The second-order valence-corrected chi connectivity index (χ2v) is 5.89. The SMILES string of the molecule is CNc1nc(CSc2ccccc2Cl)nc2c1cnn2C. The van der Waals surface area contributed by atoms with Crippen molar-refractivity contribution in [1.82, 2.24) is 19.7 Å². The number of thioether (sulfide) groups is 1. The molecule has 3 rings (SSSR count). The van der Waals surface area contributed by atoms with Crippen LogP contribution in [-0.2, 0) is 12.8 Å². The molecule has 5 nitrogen and oxygen atoms in total. The van der Waals surface area contributed by atoms with Gasteiger partial charge in [-0.05, 0) is 12.1 Å². The molecule has 1 N–H and O–H groups in total. The normalized spacial score (nSPS) is 11.0. The van der Waals surface area contributed by atoms with Crippen molar-refractivity contribution < 1.29 is 0 Å². The lowest BCUT2D eigenvalue weighted by Crippen LogP contribution is -2.02. The van der Waals surface area contributed by atoms with Crippen molar-refractivity contribution >= 4 is 40.2 Å². The fourth-order valence-electron chi connectivity index (χ4n) is 2.03. The van der Waals surface area contributed by atoms with E-state index in [-0.39, 0.29) is 0 Å².